The Labute approximate surface area is 115 Å². The fourth-order valence-corrected chi connectivity index (χ4v) is 1.78. The van der Waals surface area contributed by atoms with Gasteiger partial charge in [-0.15, -0.1) is 0 Å². The SMILES string of the molecule is O=C(O)c1ccc(Cl)nc1NCCCn1ccnc1. The van der Waals surface area contributed by atoms with Crippen molar-refractivity contribution in [3.05, 3.63) is 41.6 Å². The first kappa shape index (κ1) is 13.4. The summed E-state index contributed by atoms with van der Waals surface area (Å²) in [4.78, 5) is 18.9. The fourth-order valence-electron chi connectivity index (χ4n) is 1.63. The Bertz CT molecular complexity index is 557. The molecule has 0 atom stereocenters. The monoisotopic (exact) mass is 280 g/mol. The number of aromatic nitrogens is 3. The normalized spacial score (nSPS) is 10.4. The van der Waals surface area contributed by atoms with Gasteiger partial charge in [-0.25, -0.2) is 14.8 Å². The van der Waals surface area contributed by atoms with Gasteiger partial charge in [-0.1, -0.05) is 11.6 Å². The topological polar surface area (TPSA) is 80.0 Å². The second kappa shape index (κ2) is 6.19. The van der Waals surface area contributed by atoms with Gasteiger partial charge in [-0.05, 0) is 18.6 Å². The molecule has 2 rings (SSSR count). The lowest BCUT2D eigenvalue weighted by atomic mass is 10.2. The number of aryl methyl sites for hydroxylation is 1. The number of nitrogens with one attached hydrogen (secondary N) is 1. The van der Waals surface area contributed by atoms with E-state index in [-0.39, 0.29) is 10.7 Å². The van der Waals surface area contributed by atoms with Crippen molar-refractivity contribution in [2.75, 3.05) is 11.9 Å². The van der Waals surface area contributed by atoms with Crippen LogP contribution < -0.4 is 5.32 Å². The van der Waals surface area contributed by atoms with E-state index < -0.39 is 5.97 Å². The summed E-state index contributed by atoms with van der Waals surface area (Å²) >= 11 is 5.76. The van der Waals surface area contributed by atoms with E-state index in [0.29, 0.717) is 12.4 Å². The van der Waals surface area contributed by atoms with Crippen LogP contribution in [0.2, 0.25) is 5.15 Å². The molecule has 7 heteroatoms. The standard InChI is InChI=1S/C12H13ClN4O2/c13-10-3-2-9(12(18)19)11(16-10)15-4-1-6-17-7-5-14-8-17/h2-3,5,7-8H,1,4,6H2,(H,15,16)(H,18,19). The van der Waals surface area contributed by atoms with E-state index in [0.717, 1.165) is 13.0 Å². The molecular weight excluding hydrogens is 268 g/mol. The number of anilines is 1. The molecule has 0 aliphatic rings. The van der Waals surface area contributed by atoms with Crippen molar-refractivity contribution in [3.8, 4) is 0 Å². The van der Waals surface area contributed by atoms with Crippen molar-refractivity contribution in [3.63, 3.8) is 0 Å². The van der Waals surface area contributed by atoms with E-state index in [1.165, 1.54) is 12.1 Å². The van der Waals surface area contributed by atoms with Crippen LogP contribution in [0.4, 0.5) is 5.82 Å². The number of carboxylic acids is 1. The first-order valence-corrected chi connectivity index (χ1v) is 6.14. The molecule has 0 aliphatic carbocycles. The number of nitrogens with zero attached hydrogens (tertiary/aromatic N) is 3. The summed E-state index contributed by atoms with van der Waals surface area (Å²) in [6.45, 7) is 1.40. The van der Waals surface area contributed by atoms with Crippen LogP contribution in [0.5, 0.6) is 0 Å². The third-order valence-corrected chi connectivity index (χ3v) is 2.75. The summed E-state index contributed by atoms with van der Waals surface area (Å²) in [6, 6.07) is 2.90. The Kier molecular flexibility index (Phi) is 4.35. The minimum Gasteiger partial charge on any atom is -0.478 e. The van der Waals surface area contributed by atoms with Crippen molar-refractivity contribution in [2.24, 2.45) is 0 Å². The van der Waals surface area contributed by atoms with Gasteiger partial charge in [-0.3, -0.25) is 0 Å². The summed E-state index contributed by atoms with van der Waals surface area (Å²) in [5.74, 6) is -0.730. The van der Waals surface area contributed by atoms with Crippen LogP contribution in [0, 0.1) is 0 Å². The van der Waals surface area contributed by atoms with Gasteiger partial charge in [0, 0.05) is 25.5 Å². The molecule has 0 aliphatic heterocycles. The second-order valence-electron chi connectivity index (χ2n) is 3.92. The maximum atomic E-state index is 11.0. The zero-order chi connectivity index (χ0) is 13.7. The van der Waals surface area contributed by atoms with E-state index in [9.17, 15) is 4.79 Å². The molecule has 2 aromatic heterocycles. The lowest BCUT2D eigenvalue weighted by molar-refractivity contribution is 0.0697. The molecule has 2 aromatic rings. The average molecular weight is 281 g/mol. The summed E-state index contributed by atoms with van der Waals surface area (Å²) in [7, 11) is 0. The summed E-state index contributed by atoms with van der Waals surface area (Å²) in [6.07, 6.45) is 6.15. The number of rotatable bonds is 6. The molecule has 19 heavy (non-hydrogen) atoms. The lowest BCUT2D eigenvalue weighted by Crippen LogP contribution is -2.11. The van der Waals surface area contributed by atoms with Crippen LogP contribution >= 0.6 is 11.6 Å². The molecule has 0 spiro atoms. The highest BCUT2D eigenvalue weighted by atomic mass is 35.5. The fraction of sp³-hybridized carbons (Fsp3) is 0.250. The molecule has 100 valence electrons. The van der Waals surface area contributed by atoms with Crippen molar-refractivity contribution >= 4 is 23.4 Å². The molecule has 0 amide bonds. The summed E-state index contributed by atoms with van der Waals surface area (Å²) in [5, 5.41) is 12.3. The minimum absolute atomic E-state index is 0.118. The minimum atomic E-state index is -1.03. The van der Waals surface area contributed by atoms with Gasteiger partial charge in [0.2, 0.25) is 0 Å². The zero-order valence-corrected chi connectivity index (χ0v) is 10.8. The number of aromatic carboxylic acids is 1. The van der Waals surface area contributed by atoms with Crippen LogP contribution in [0.25, 0.3) is 0 Å². The Morgan fingerprint density at radius 1 is 1.47 bits per heavy atom. The number of carboxylic acid groups (broad SMARTS) is 1. The van der Waals surface area contributed by atoms with Crippen molar-refractivity contribution in [2.45, 2.75) is 13.0 Å². The van der Waals surface area contributed by atoms with Crippen molar-refractivity contribution in [1.29, 1.82) is 0 Å². The third kappa shape index (κ3) is 3.69. The van der Waals surface area contributed by atoms with E-state index >= 15 is 0 Å². The van der Waals surface area contributed by atoms with Gasteiger partial charge in [0.1, 0.15) is 16.5 Å². The molecular formula is C12H13ClN4O2. The molecule has 0 unspecified atom stereocenters. The number of hydrogen-bond acceptors (Lipinski definition) is 4. The maximum absolute atomic E-state index is 11.0. The molecule has 0 saturated carbocycles. The number of carbonyl (C=O) groups is 1. The van der Waals surface area contributed by atoms with E-state index in [4.69, 9.17) is 16.7 Å². The van der Waals surface area contributed by atoms with Gasteiger partial charge in [0.25, 0.3) is 0 Å². The highest BCUT2D eigenvalue weighted by molar-refractivity contribution is 6.29. The molecule has 0 aromatic carbocycles. The largest absolute Gasteiger partial charge is 0.478 e. The van der Waals surface area contributed by atoms with Gasteiger partial charge in [0.15, 0.2) is 0 Å². The molecule has 6 nitrogen and oxygen atoms in total. The quantitative estimate of drug-likeness (QED) is 0.626. The third-order valence-electron chi connectivity index (χ3n) is 2.54. The molecule has 2 N–H and O–H groups in total. The van der Waals surface area contributed by atoms with Crippen LogP contribution in [-0.2, 0) is 6.54 Å². The van der Waals surface area contributed by atoms with Crippen LogP contribution in [0.1, 0.15) is 16.8 Å². The van der Waals surface area contributed by atoms with Crippen LogP contribution in [0.3, 0.4) is 0 Å². The predicted octanol–water partition coefficient (Wildman–Crippen LogP) is 2.13. The molecule has 0 bridgehead atoms. The molecule has 2 heterocycles. The van der Waals surface area contributed by atoms with Gasteiger partial charge in [0.05, 0.1) is 6.33 Å². The first-order valence-electron chi connectivity index (χ1n) is 5.76. The highest BCUT2D eigenvalue weighted by Crippen LogP contribution is 2.16. The summed E-state index contributed by atoms with van der Waals surface area (Å²) < 4.78 is 1.95. The van der Waals surface area contributed by atoms with Gasteiger partial charge >= 0.3 is 5.97 Å². The van der Waals surface area contributed by atoms with Crippen LogP contribution in [-0.4, -0.2) is 32.2 Å². The van der Waals surface area contributed by atoms with E-state index in [1.54, 1.807) is 12.5 Å². The smallest absolute Gasteiger partial charge is 0.339 e. The van der Waals surface area contributed by atoms with Crippen molar-refractivity contribution in [1.82, 2.24) is 14.5 Å². The molecule has 0 fully saturated rings. The Hall–Kier alpha value is -2.08. The predicted molar refractivity (Wildman–Crippen MR) is 71.5 cm³/mol. The molecule has 0 saturated heterocycles. The first-order chi connectivity index (χ1) is 9.16. The molecule has 0 radical (unpaired) electrons. The Morgan fingerprint density at radius 2 is 2.32 bits per heavy atom. The second-order valence-corrected chi connectivity index (χ2v) is 4.30. The average Bonchev–Trinajstić information content (AvgIpc) is 2.87. The maximum Gasteiger partial charge on any atom is 0.339 e. The number of imidazole rings is 1. The summed E-state index contributed by atoms with van der Waals surface area (Å²) in [5.41, 5.74) is 0.118. The lowest BCUT2D eigenvalue weighted by Gasteiger charge is -2.09. The number of pyridine rings is 1. The van der Waals surface area contributed by atoms with Gasteiger partial charge < -0.3 is 15.0 Å². The van der Waals surface area contributed by atoms with Crippen LogP contribution in [0.15, 0.2) is 30.9 Å². The van der Waals surface area contributed by atoms with E-state index in [2.05, 4.69) is 15.3 Å². The number of hydrogen-bond donors (Lipinski definition) is 2. The highest BCUT2D eigenvalue weighted by Gasteiger charge is 2.11. The van der Waals surface area contributed by atoms with E-state index in [1.807, 2.05) is 10.8 Å². The Balaban J connectivity index is 1.91. The number of halogens is 1. The van der Waals surface area contributed by atoms with Gasteiger partial charge in [-0.2, -0.15) is 0 Å². The van der Waals surface area contributed by atoms with Crippen molar-refractivity contribution < 1.29 is 9.90 Å². The zero-order valence-electron chi connectivity index (χ0n) is 10.1. The Morgan fingerprint density at radius 3 is 3.00 bits per heavy atom.